The average molecular weight is 273 g/mol. The third-order valence-corrected chi connectivity index (χ3v) is 4.61. The SMILES string of the molecule is CCc1ccc2c(c1)C(CCC(C)CC(N)=O)CCC2. The molecule has 0 aromatic heterocycles. The van der Waals surface area contributed by atoms with E-state index in [4.69, 9.17) is 5.73 Å². The van der Waals surface area contributed by atoms with E-state index < -0.39 is 0 Å². The first-order valence-electron chi connectivity index (χ1n) is 8.00. The Morgan fingerprint density at radius 3 is 2.95 bits per heavy atom. The van der Waals surface area contributed by atoms with Crippen LogP contribution in [-0.2, 0) is 17.6 Å². The summed E-state index contributed by atoms with van der Waals surface area (Å²) >= 11 is 0. The van der Waals surface area contributed by atoms with Gasteiger partial charge in [0.05, 0.1) is 0 Å². The predicted molar refractivity (Wildman–Crippen MR) is 83.7 cm³/mol. The second kappa shape index (κ2) is 6.92. The molecule has 1 amide bonds. The fraction of sp³-hybridized carbons (Fsp3) is 0.611. The zero-order chi connectivity index (χ0) is 14.5. The molecule has 2 atom stereocenters. The van der Waals surface area contributed by atoms with Gasteiger partial charge in [-0.1, -0.05) is 32.0 Å². The fourth-order valence-electron chi connectivity index (χ4n) is 3.40. The lowest BCUT2D eigenvalue weighted by molar-refractivity contribution is -0.118. The molecule has 2 unspecified atom stereocenters. The van der Waals surface area contributed by atoms with E-state index in [1.54, 1.807) is 11.1 Å². The highest BCUT2D eigenvalue weighted by Gasteiger charge is 2.21. The third kappa shape index (κ3) is 3.84. The molecule has 2 nitrogen and oxygen atoms in total. The number of hydrogen-bond donors (Lipinski definition) is 1. The van der Waals surface area contributed by atoms with Gasteiger partial charge in [0.2, 0.25) is 5.91 Å². The first kappa shape index (κ1) is 15.1. The summed E-state index contributed by atoms with van der Waals surface area (Å²) in [5.74, 6) is 0.919. The Labute approximate surface area is 122 Å². The zero-order valence-corrected chi connectivity index (χ0v) is 12.8. The molecule has 0 fully saturated rings. The molecule has 1 aromatic carbocycles. The Morgan fingerprint density at radius 2 is 2.25 bits per heavy atom. The van der Waals surface area contributed by atoms with Gasteiger partial charge in [-0.05, 0) is 67.1 Å². The van der Waals surface area contributed by atoms with E-state index in [0.717, 1.165) is 12.8 Å². The lowest BCUT2D eigenvalue weighted by Crippen LogP contribution is -2.16. The van der Waals surface area contributed by atoms with Crippen LogP contribution in [0.1, 0.15) is 68.6 Å². The van der Waals surface area contributed by atoms with Crippen LogP contribution in [-0.4, -0.2) is 5.91 Å². The fourth-order valence-corrected chi connectivity index (χ4v) is 3.40. The highest BCUT2D eigenvalue weighted by molar-refractivity contribution is 5.73. The number of benzene rings is 1. The lowest BCUT2D eigenvalue weighted by Gasteiger charge is -2.27. The van der Waals surface area contributed by atoms with Crippen LogP contribution in [0, 0.1) is 5.92 Å². The van der Waals surface area contributed by atoms with Crippen LogP contribution in [0.4, 0.5) is 0 Å². The molecule has 110 valence electrons. The Balaban J connectivity index is 2.02. The summed E-state index contributed by atoms with van der Waals surface area (Å²) in [5.41, 5.74) is 9.84. The van der Waals surface area contributed by atoms with Crippen molar-refractivity contribution in [2.75, 3.05) is 0 Å². The maximum atomic E-state index is 11.0. The van der Waals surface area contributed by atoms with Crippen molar-refractivity contribution in [3.63, 3.8) is 0 Å². The van der Waals surface area contributed by atoms with Crippen LogP contribution in [0.25, 0.3) is 0 Å². The van der Waals surface area contributed by atoms with Gasteiger partial charge in [0.25, 0.3) is 0 Å². The largest absolute Gasteiger partial charge is 0.370 e. The Morgan fingerprint density at radius 1 is 1.45 bits per heavy atom. The van der Waals surface area contributed by atoms with Gasteiger partial charge in [0, 0.05) is 6.42 Å². The number of primary amides is 1. The summed E-state index contributed by atoms with van der Waals surface area (Å²) in [4.78, 5) is 11.0. The minimum atomic E-state index is -0.171. The summed E-state index contributed by atoms with van der Waals surface area (Å²) in [7, 11) is 0. The van der Waals surface area contributed by atoms with Gasteiger partial charge in [-0.3, -0.25) is 4.79 Å². The molecule has 20 heavy (non-hydrogen) atoms. The molecule has 2 rings (SSSR count). The molecular formula is C18H27NO. The number of carbonyl (C=O) groups excluding carboxylic acids is 1. The van der Waals surface area contributed by atoms with Crippen molar-refractivity contribution in [2.24, 2.45) is 11.7 Å². The van der Waals surface area contributed by atoms with Crippen molar-refractivity contribution in [1.82, 2.24) is 0 Å². The standard InChI is InChI=1S/C18H27NO/c1-3-14-8-10-16-6-4-5-15(17(16)12-14)9-7-13(2)11-18(19)20/h8,10,12-13,15H,3-7,9,11H2,1-2H3,(H2,19,20). The van der Waals surface area contributed by atoms with Gasteiger partial charge in [-0.25, -0.2) is 0 Å². The number of aryl methyl sites for hydroxylation is 2. The third-order valence-electron chi connectivity index (χ3n) is 4.61. The van der Waals surface area contributed by atoms with E-state index in [2.05, 4.69) is 32.0 Å². The summed E-state index contributed by atoms with van der Waals surface area (Å²) in [5, 5.41) is 0. The van der Waals surface area contributed by atoms with Crippen LogP contribution < -0.4 is 5.73 Å². The number of hydrogen-bond acceptors (Lipinski definition) is 1. The van der Waals surface area contributed by atoms with E-state index in [-0.39, 0.29) is 5.91 Å². The van der Waals surface area contributed by atoms with Gasteiger partial charge < -0.3 is 5.73 Å². The van der Waals surface area contributed by atoms with E-state index in [1.807, 2.05) is 0 Å². The van der Waals surface area contributed by atoms with E-state index in [0.29, 0.717) is 18.3 Å². The molecule has 2 N–H and O–H groups in total. The van der Waals surface area contributed by atoms with Crippen LogP contribution in [0.5, 0.6) is 0 Å². The van der Waals surface area contributed by atoms with Gasteiger partial charge in [0.1, 0.15) is 0 Å². The summed E-state index contributed by atoms with van der Waals surface area (Å²) in [6.07, 6.45) is 7.74. The quantitative estimate of drug-likeness (QED) is 0.837. The molecule has 0 spiro atoms. The molecule has 0 saturated carbocycles. The molecule has 0 radical (unpaired) electrons. The Kier molecular flexibility index (Phi) is 5.22. The first-order chi connectivity index (χ1) is 9.60. The summed E-state index contributed by atoms with van der Waals surface area (Å²) < 4.78 is 0. The van der Waals surface area contributed by atoms with Gasteiger partial charge >= 0.3 is 0 Å². The first-order valence-corrected chi connectivity index (χ1v) is 8.00. The smallest absolute Gasteiger partial charge is 0.217 e. The molecule has 1 aliphatic rings. The average Bonchev–Trinajstić information content (AvgIpc) is 2.43. The minimum Gasteiger partial charge on any atom is -0.370 e. The van der Waals surface area contributed by atoms with Crippen molar-refractivity contribution in [1.29, 1.82) is 0 Å². The number of carbonyl (C=O) groups is 1. The van der Waals surface area contributed by atoms with E-state index in [9.17, 15) is 4.79 Å². The normalized spacial score (nSPS) is 19.4. The number of amides is 1. The number of nitrogens with two attached hydrogens (primary N) is 1. The number of fused-ring (bicyclic) bond motifs is 1. The summed E-state index contributed by atoms with van der Waals surface area (Å²) in [6, 6.07) is 7.02. The minimum absolute atomic E-state index is 0.171. The van der Waals surface area contributed by atoms with Crippen LogP contribution in [0.2, 0.25) is 0 Å². The maximum Gasteiger partial charge on any atom is 0.217 e. The second-order valence-corrected chi connectivity index (χ2v) is 6.33. The van der Waals surface area contributed by atoms with E-state index in [1.165, 1.54) is 31.2 Å². The van der Waals surface area contributed by atoms with Crippen molar-refractivity contribution in [3.8, 4) is 0 Å². The zero-order valence-electron chi connectivity index (χ0n) is 12.8. The highest BCUT2D eigenvalue weighted by Crippen LogP contribution is 2.36. The van der Waals surface area contributed by atoms with Crippen molar-refractivity contribution in [2.45, 2.75) is 64.7 Å². The molecule has 0 aliphatic heterocycles. The Hall–Kier alpha value is -1.31. The van der Waals surface area contributed by atoms with Gasteiger partial charge in [-0.2, -0.15) is 0 Å². The predicted octanol–water partition coefficient (Wildman–Crippen LogP) is 3.96. The lowest BCUT2D eigenvalue weighted by atomic mass is 9.78. The van der Waals surface area contributed by atoms with Crippen molar-refractivity contribution >= 4 is 5.91 Å². The molecular weight excluding hydrogens is 246 g/mol. The molecule has 0 bridgehead atoms. The summed E-state index contributed by atoms with van der Waals surface area (Å²) in [6.45, 7) is 4.35. The maximum absolute atomic E-state index is 11.0. The molecule has 2 heteroatoms. The van der Waals surface area contributed by atoms with Crippen molar-refractivity contribution in [3.05, 3.63) is 34.9 Å². The molecule has 0 saturated heterocycles. The topological polar surface area (TPSA) is 43.1 Å². The van der Waals surface area contributed by atoms with Crippen LogP contribution in [0.15, 0.2) is 18.2 Å². The monoisotopic (exact) mass is 273 g/mol. The van der Waals surface area contributed by atoms with Gasteiger partial charge in [-0.15, -0.1) is 0 Å². The van der Waals surface area contributed by atoms with E-state index >= 15 is 0 Å². The van der Waals surface area contributed by atoms with Crippen molar-refractivity contribution < 1.29 is 4.79 Å². The second-order valence-electron chi connectivity index (χ2n) is 6.33. The Bertz CT molecular complexity index is 466. The van der Waals surface area contributed by atoms with Crippen LogP contribution >= 0.6 is 0 Å². The molecule has 1 aliphatic carbocycles. The number of rotatable bonds is 6. The molecule has 0 heterocycles. The molecule has 1 aromatic rings. The van der Waals surface area contributed by atoms with Crippen LogP contribution in [0.3, 0.4) is 0 Å². The van der Waals surface area contributed by atoms with Gasteiger partial charge in [0.15, 0.2) is 0 Å². The highest BCUT2D eigenvalue weighted by atomic mass is 16.1.